The molecule has 0 aliphatic heterocycles. The van der Waals surface area contributed by atoms with Crippen LogP contribution in [0.25, 0.3) is 0 Å². The van der Waals surface area contributed by atoms with Gasteiger partial charge in [-0.3, -0.25) is 9.78 Å². The third kappa shape index (κ3) is 1.89. The van der Waals surface area contributed by atoms with Gasteiger partial charge in [0.25, 0.3) is 0 Å². The highest BCUT2D eigenvalue weighted by atomic mass is 16.5. The highest BCUT2D eigenvalue weighted by molar-refractivity contribution is 5.96. The number of methoxy groups -OCH3 is 1. The molecule has 0 atom stereocenters. The smallest absolute Gasteiger partial charge is 0.206 e. The minimum absolute atomic E-state index is 0.0735. The number of hydrogen-bond donors (Lipinski definition) is 0. The predicted octanol–water partition coefficient (Wildman–Crippen LogP) is 1.22. The van der Waals surface area contributed by atoms with Crippen molar-refractivity contribution in [3.05, 3.63) is 29.6 Å². The Morgan fingerprint density at radius 3 is 3.00 bits per heavy atom. The molecular formula is C9H11NO2. The van der Waals surface area contributed by atoms with E-state index in [1.807, 2.05) is 13.0 Å². The molecule has 3 heteroatoms. The fourth-order valence-corrected chi connectivity index (χ4v) is 0.977. The van der Waals surface area contributed by atoms with E-state index < -0.39 is 0 Å². The molecule has 0 saturated carbocycles. The first kappa shape index (κ1) is 8.87. The van der Waals surface area contributed by atoms with Gasteiger partial charge < -0.3 is 4.74 Å². The Balaban J connectivity index is 2.87. The quantitative estimate of drug-likeness (QED) is 0.632. The van der Waals surface area contributed by atoms with Crippen LogP contribution >= 0.6 is 0 Å². The fourth-order valence-electron chi connectivity index (χ4n) is 0.977. The van der Waals surface area contributed by atoms with E-state index in [-0.39, 0.29) is 12.4 Å². The molecule has 1 heterocycles. The van der Waals surface area contributed by atoms with Crippen LogP contribution in [0, 0.1) is 6.92 Å². The normalized spacial score (nSPS) is 9.83. The van der Waals surface area contributed by atoms with Gasteiger partial charge in [-0.25, -0.2) is 0 Å². The molecule has 0 radical (unpaired) electrons. The Morgan fingerprint density at radius 2 is 2.42 bits per heavy atom. The molecular weight excluding hydrogens is 154 g/mol. The highest BCUT2D eigenvalue weighted by Gasteiger charge is 2.08. The number of carbonyl (C=O) groups is 1. The van der Waals surface area contributed by atoms with E-state index in [9.17, 15) is 4.79 Å². The zero-order valence-electron chi connectivity index (χ0n) is 7.20. The molecule has 0 unspecified atom stereocenters. The number of aromatic nitrogens is 1. The standard InChI is InChI=1S/C9H11NO2/c1-7-4-3-5-10-9(7)8(11)6-12-2/h3-5H,6H2,1-2H3. The van der Waals surface area contributed by atoms with Crippen molar-refractivity contribution in [2.75, 3.05) is 13.7 Å². The van der Waals surface area contributed by atoms with E-state index in [4.69, 9.17) is 4.74 Å². The lowest BCUT2D eigenvalue weighted by atomic mass is 10.1. The Labute approximate surface area is 71.4 Å². The molecule has 0 N–H and O–H groups in total. The molecule has 0 fully saturated rings. The lowest BCUT2D eigenvalue weighted by molar-refractivity contribution is 0.0842. The summed E-state index contributed by atoms with van der Waals surface area (Å²) in [6.45, 7) is 1.95. The molecule has 0 saturated heterocycles. The van der Waals surface area contributed by atoms with Crippen molar-refractivity contribution >= 4 is 5.78 Å². The Kier molecular flexibility index (Phi) is 2.94. The molecule has 0 aromatic carbocycles. The molecule has 3 nitrogen and oxygen atoms in total. The van der Waals surface area contributed by atoms with Gasteiger partial charge in [0.2, 0.25) is 5.78 Å². The van der Waals surface area contributed by atoms with E-state index >= 15 is 0 Å². The number of nitrogens with zero attached hydrogens (tertiary/aromatic N) is 1. The molecule has 0 bridgehead atoms. The van der Waals surface area contributed by atoms with Crippen LogP contribution in [0.3, 0.4) is 0 Å². The monoisotopic (exact) mass is 165 g/mol. The molecule has 0 aliphatic carbocycles. The molecule has 1 rings (SSSR count). The topological polar surface area (TPSA) is 39.2 Å². The van der Waals surface area contributed by atoms with Gasteiger partial charge in [-0.15, -0.1) is 0 Å². The summed E-state index contributed by atoms with van der Waals surface area (Å²) in [5, 5.41) is 0. The number of aryl methyl sites for hydroxylation is 1. The van der Waals surface area contributed by atoms with E-state index in [0.29, 0.717) is 5.69 Å². The summed E-state index contributed by atoms with van der Waals surface area (Å²) in [5.41, 5.74) is 1.39. The van der Waals surface area contributed by atoms with Gasteiger partial charge in [0, 0.05) is 13.3 Å². The number of rotatable bonds is 3. The van der Waals surface area contributed by atoms with Crippen molar-refractivity contribution in [3.63, 3.8) is 0 Å². The molecule has 1 aromatic heterocycles. The second-order valence-electron chi connectivity index (χ2n) is 2.53. The summed E-state index contributed by atoms with van der Waals surface area (Å²) in [7, 11) is 1.50. The van der Waals surface area contributed by atoms with Gasteiger partial charge in [0.1, 0.15) is 12.3 Å². The summed E-state index contributed by atoms with van der Waals surface area (Å²) in [4.78, 5) is 15.2. The molecule has 12 heavy (non-hydrogen) atoms. The highest BCUT2D eigenvalue weighted by Crippen LogP contribution is 2.03. The van der Waals surface area contributed by atoms with Crippen LogP contribution in [0.2, 0.25) is 0 Å². The molecule has 64 valence electrons. The molecule has 0 spiro atoms. The second kappa shape index (κ2) is 3.97. The summed E-state index contributed by atoms with van der Waals surface area (Å²) in [6, 6.07) is 3.66. The average Bonchev–Trinajstić information content (AvgIpc) is 2.05. The number of hydrogen-bond acceptors (Lipinski definition) is 3. The number of carbonyl (C=O) groups excluding carboxylic acids is 1. The minimum Gasteiger partial charge on any atom is -0.376 e. The van der Waals surface area contributed by atoms with Crippen LogP contribution in [0.1, 0.15) is 16.1 Å². The Bertz CT molecular complexity index is 284. The second-order valence-corrected chi connectivity index (χ2v) is 2.53. The zero-order chi connectivity index (χ0) is 8.97. The van der Waals surface area contributed by atoms with Crippen LogP contribution in [0.5, 0.6) is 0 Å². The molecule has 1 aromatic rings. The first-order chi connectivity index (χ1) is 5.75. The first-order valence-electron chi connectivity index (χ1n) is 3.69. The van der Waals surface area contributed by atoms with E-state index in [1.165, 1.54) is 7.11 Å². The van der Waals surface area contributed by atoms with Crippen molar-refractivity contribution in [1.82, 2.24) is 4.98 Å². The summed E-state index contributed by atoms with van der Waals surface area (Å²) >= 11 is 0. The maximum Gasteiger partial charge on any atom is 0.206 e. The first-order valence-corrected chi connectivity index (χ1v) is 3.69. The third-order valence-corrected chi connectivity index (χ3v) is 1.55. The van der Waals surface area contributed by atoms with E-state index in [2.05, 4.69) is 4.98 Å². The lowest BCUT2D eigenvalue weighted by Gasteiger charge is -2.01. The molecule has 0 amide bonds. The van der Waals surface area contributed by atoms with Gasteiger partial charge in [-0.1, -0.05) is 6.07 Å². The zero-order valence-corrected chi connectivity index (χ0v) is 7.20. The number of ether oxygens (including phenoxy) is 1. The maximum absolute atomic E-state index is 11.3. The number of pyridine rings is 1. The predicted molar refractivity (Wildman–Crippen MR) is 45.2 cm³/mol. The Morgan fingerprint density at radius 1 is 1.67 bits per heavy atom. The van der Waals surface area contributed by atoms with Gasteiger partial charge in [0.05, 0.1) is 0 Å². The van der Waals surface area contributed by atoms with Crippen molar-refractivity contribution in [3.8, 4) is 0 Å². The van der Waals surface area contributed by atoms with Crippen LogP contribution in [-0.2, 0) is 4.74 Å². The lowest BCUT2D eigenvalue weighted by Crippen LogP contribution is -2.10. The van der Waals surface area contributed by atoms with Crippen LogP contribution in [0.4, 0.5) is 0 Å². The van der Waals surface area contributed by atoms with Gasteiger partial charge in [-0.05, 0) is 18.6 Å². The summed E-state index contributed by atoms with van der Waals surface area (Å²) in [5.74, 6) is -0.0735. The minimum atomic E-state index is -0.0735. The maximum atomic E-state index is 11.3. The van der Waals surface area contributed by atoms with Gasteiger partial charge in [0.15, 0.2) is 0 Å². The fraction of sp³-hybridized carbons (Fsp3) is 0.333. The summed E-state index contributed by atoms with van der Waals surface area (Å²) in [6.07, 6.45) is 1.61. The average molecular weight is 165 g/mol. The largest absolute Gasteiger partial charge is 0.376 e. The van der Waals surface area contributed by atoms with E-state index in [1.54, 1.807) is 12.3 Å². The summed E-state index contributed by atoms with van der Waals surface area (Å²) < 4.78 is 4.72. The van der Waals surface area contributed by atoms with Crippen molar-refractivity contribution in [1.29, 1.82) is 0 Å². The van der Waals surface area contributed by atoms with Gasteiger partial charge in [-0.2, -0.15) is 0 Å². The van der Waals surface area contributed by atoms with Gasteiger partial charge >= 0.3 is 0 Å². The van der Waals surface area contributed by atoms with Crippen molar-refractivity contribution in [2.45, 2.75) is 6.92 Å². The van der Waals surface area contributed by atoms with Crippen LogP contribution in [0.15, 0.2) is 18.3 Å². The van der Waals surface area contributed by atoms with Crippen LogP contribution < -0.4 is 0 Å². The third-order valence-electron chi connectivity index (χ3n) is 1.55. The van der Waals surface area contributed by atoms with Crippen molar-refractivity contribution in [2.24, 2.45) is 0 Å². The van der Waals surface area contributed by atoms with Crippen molar-refractivity contribution < 1.29 is 9.53 Å². The van der Waals surface area contributed by atoms with E-state index in [0.717, 1.165) is 5.56 Å². The SMILES string of the molecule is COCC(=O)c1ncccc1C. The number of Topliss-reactive ketones (excluding diaryl/α,β-unsaturated/α-hetero) is 1. The Hall–Kier alpha value is -1.22. The van der Waals surface area contributed by atoms with Crippen LogP contribution in [-0.4, -0.2) is 24.5 Å². The molecule has 0 aliphatic rings. The number of ketones is 1.